The van der Waals surface area contributed by atoms with Gasteiger partial charge in [-0.2, -0.15) is 0 Å². The quantitative estimate of drug-likeness (QED) is 0.621. The third-order valence-corrected chi connectivity index (χ3v) is 6.66. The van der Waals surface area contributed by atoms with Gasteiger partial charge in [0, 0.05) is 30.0 Å². The molecule has 0 saturated carbocycles. The molecule has 1 fully saturated rings. The average molecular weight is 407 g/mol. The fraction of sp³-hybridized carbons (Fsp3) is 0.238. The fourth-order valence-corrected chi connectivity index (χ4v) is 5.27. The van der Waals surface area contributed by atoms with Gasteiger partial charge >= 0.3 is 5.97 Å². The summed E-state index contributed by atoms with van der Waals surface area (Å²) in [7, 11) is 0. The van der Waals surface area contributed by atoms with Crippen molar-refractivity contribution >= 4 is 35.0 Å². The zero-order chi connectivity index (χ0) is 20.2. The summed E-state index contributed by atoms with van der Waals surface area (Å²) in [5.74, 6) is -0.577. The van der Waals surface area contributed by atoms with Crippen LogP contribution in [0.1, 0.15) is 24.1 Å². The summed E-state index contributed by atoms with van der Waals surface area (Å²) in [5, 5.41) is 0. The number of para-hydroxylation sites is 1. The van der Waals surface area contributed by atoms with Crippen molar-refractivity contribution in [1.82, 2.24) is 9.38 Å². The third kappa shape index (κ3) is 2.74. The molecule has 0 unspecified atom stereocenters. The van der Waals surface area contributed by atoms with E-state index in [4.69, 9.17) is 4.74 Å². The molecule has 1 saturated heterocycles. The van der Waals surface area contributed by atoms with Gasteiger partial charge in [-0.15, -0.1) is 0 Å². The van der Waals surface area contributed by atoms with Crippen LogP contribution in [-0.4, -0.2) is 26.1 Å². The second-order valence-electron chi connectivity index (χ2n) is 7.18. The smallest absolute Gasteiger partial charge is 0.343 e. The highest BCUT2D eigenvalue weighted by molar-refractivity contribution is 8.02. The number of carbonyl (C=O) groups excluding carboxylic acids is 2. The molecule has 0 spiro atoms. The lowest BCUT2D eigenvalue weighted by Crippen LogP contribution is -2.47. The molecule has 1 amide bonds. The molecule has 2 aromatic heterocycles. The molecule has 8 heteroatoms. The van der Waals surface area contributed by atoms with Gasteiger partial charge in [-0.25, -0.2) is 9.78 Å². The standard InChI is InChI=1S/C21H17N3O4S/c1-13-6-7-17-22-14(10-19(26)23(17)11-13)12-28-20(27)21-9-8-18(25)24(21)15-4-2-3-5-16(15)29-21/h2-7,10-11H,8-9,12H2,1H3/t21-/m1/s1. The summed E-state index contributed by atoms with van der Waals surface area (Å²) in [5.41, 5.74) is 2.33. The van der Waals surface area contributed by atoms with Gasteiger partial charge in [0.2, 0.25) is 5.91 Å². The minimum atomic E-state index is -1.08. The number of hydrogen-bond donors (Lipinski definition) is 0. The van der Waals surface area contributed by atoms with Gasteiger partial charge in [-0.3, -0.25) is 18.9 Å². The highest BCUT2D eigenvalue weighted by Gasteiger charge is 2.58. The SMILES string of the molecule is Cc1ccc2nc(COC(=O)[C@]34CCC(=O)N3c3ccccc3S4)cc(=O)n2c1. The Morgan fingerprint density at radius 3 is 2.93 bits per heavy atom. The molecule has 0 aliphatic carbocycles. The van der Waals surface area contributed by atoms with E-state index in [0.717, 1.165) is 16.1 Å². The highest BCUT2D eigenvalue weighted by atomic mass is 32.2. The minimum absolute atomic E-state index is 0.0863. The van der Waals surface area contributed by atoms with Crippen LogP contribution in [0, 0.1) is 6.92 Å². The predicted octanol–water partition coefficient (Wildman–Crippen LogP) is 2.68. The van der Waals surface area contributed by atoms with Gasteiger partial charge in [0.05, 0.1) is 11.4 Å². The average Bonchev–Trinajstić information content (AvgIpc) is 3.22. The van der Waals surface area contributed by atoms with E-state index in [-0.39, 0.29) is 18.1 Å². The molecule has 4 heterocycles. The largest absolute Gasteiger partial charge is 0.457 e. The Labute approximate surface area is 170 Å². The number of ether oxygens (including phenoxy) is 1. The van der Waals surface area contributed by atoms with E-state index in [2.05, 4.69) is 4.98 Å². The first-order valence-electron chi connectivity index (χ1n) is 9.25. The van der Waals surface area contributed by atoms with Crippen LogP contribution < -0.4 is 10.5 Å². The van der Waals surface area contributed by atoms with Crippen molar-refractivity contribution in [2.75, 3.05) is 4.90 Å². The Kier molecular flexibility index (Phi) is 3.99. The first kappa shape index (κ1) is 17.9. The highest BCUT2D eigenvalue weighted by Crippen LogP contribution is 2.56. The Bertz CT molecular complexity index is 1240. The first-order chi connectivity index (χ1) is 14.0. The van der Waals surface area contributed by atoms with E-state index >= 15 is 0 Å². The summed E-state index contributed by atoms with van der Waals surface area (Å²) in [6.45, 7) is 1.77. The number of nitrogens with zero attached hydrogens (tertiary/aromatic N) is 3. The topological polar surface area (TPSA) is 81.0 Å². The van der Waals surface area contributed by atoms with Crippen LogP contribution in [0.2, 0.25) is 0 Å². The number of amides is 1. The Morgan fingerprint density at radius 2 is 2.07 bits per heavy atom. The number of pyridine rings is 1. The maximum Gasteiger partial charge on any atom is 0.343 e. The molecule has 3 aromatic rings. The normalized spacial score (nSPS) is 20.0. The second-order valence-corrected chi connectivity index (χ2v) is 8.50. The van der Waals surface area contributed by atoms with Gasteiger partial charge in [-0.1, -0.05) is 30.0 Å². The van der Waals surface area contributed by atoms with Crippen molar-refractivity contribution in [2.45, 2.75) is 36.1 Å². The Balaban J connectivity index is 1.41. The fourth-order valence-electron chi connectivity index (χ4n) is 3.86. The van der Waals surface area contributed by atoms with Crippen LogP contribution >= 0.6 is 11.8 Å². The van der Waals surface area contributed by atoms with E-state index < -0.39 is 10.8 Å². The van der Waals surface area contributed by atoms with Crippen LogP contribution in [-0.2, 0) is 20.9 Å². The second kappa shape index (κ2) is 6.45. The lowest BCUT2D eigenvalue weighted by molar-refractivity contribution is -0.148. The number of esters is 1. The summed E-state index contributed by atoms with van der Waals surface area (Å²) < 4.78 is 7.02. The van der Waals surface area contributed by atoms with Gasteiger partial charge in [0.25, 0.3) is 5.56 Å². The lowest BCUT2D eigenvalue weighted by Gasteiger charge is -2.28. The molecule has 2 aliphatic rings. The summed E-state index contributed by atoms with van der Waals surface area (Å²) >= 11 is 1.35. The number of aromatic nitrogens is 2. The van der Waals surface area contributed by atoms with Crippen molar-refractivity contribution in [3.63, 3.8) is 0 Å². The summed E-state index contributed by atoms with van der Waals surface area (Å²) in [6, 6.07) is 12.5. The summed E-state index contributed by atoms with van der Waals surface area (Å²) in [4.78, 5) is 43.7. The monoisotopic (exact) mass is 407 g/mol. The van der Waals surface area contributed by atoms with Crippen LogP contribution in [0.3, 0.4) is 0 Å². The lowest BCUT2D eigenvalue weighted by atomic mass is 10.2. The van der Waals surface area contributed by atoms with Gasteiger partial charge < -0.3 is 4.74 Å². The van der Waals surface area contributed by atoms with Gasteiger partial charge in [0.15, 0.2) is 4.87 Å². The number of rotatable bonds is 3. The van der Waals surface area contributed by atoms with E-state index in [0.29, 0.717) is 24.2 Å². The van der Waals surface area contributed by atoms with E-state index in [1.807, 2.05) is 37.3 Å². The van der Waals surface area contributed by atoms with Gasteiger partial charge in [-0.05, 0) is 30.7 Å². The molecule has 146 valence electrons. The number of aryl methyl sites for hydroxylation is 1. The number of anilines is 1. The number of benzene rings is 1. The zero-order valence-corrected chi connectivity index (χ0v) is 16.4. The van der Waals surface area contributed by atoms with Crippen LogP contribution in [0.5, 0.6) is 0 Å². The predicted molar refractivity (Wildman–Crippen MR) is 108 cm³/mol. The number of fused-ring (bicyclic) bond motifs is 4. The van der Waals surface area contributed by atoms with Crippen LogP contribution in [0.15, 0.2) is 58.4 Å². The van der Waals surface area contributed by atoms with Crippen molar-refractivity contribution in [3.8, 4) is 0 Å². The van der Waals surface area contributed by atoms with Crippen molar-refractivity contribution in [1.29, 1.82) is 0 Å². The zero-order valence-electron chi connectivity index (χ0n) is 15.6. The molecule has 29 heavy (non-hydrogen) atoms. The molecular formula is C21H17N3O4S. The van der Waals surface area contributed by atoms with Gasteiger partial charge in [0.1, 0.15) is 12.3 Å². The molecule has 1 aromatic carbocycles. The Morgan fingerprint density at radius 1 is 1.24 bits per heavy atom. The molecular weight excluding hydrogens is 390 g/mol. The number of thioether (sulfide) groups is 1. The molecule has 0 N–H and O–H groups in total. The summed E-state index contributed by atoms with van der Waals surface area (Å²) in [6.07, 6.45) is 2.40. The van der Waals surface area contributed by atoms with Crippen molar-refractivity contribution in [3.05, 3.63) is 70.3 Å². The first-order valence-corrected chi connectivity index (χ1v) is 10.1. The van der Waals surface area contributed by atoms with Crippen LogP contribution in [0.25, 0.3) is 5.65 Å². The molecule has 7 nitrogen and oxygen atoms in total. The molecule has 2 aliphatic heterocycles. The molecule has 0 bridgehead atoms. The maximum absolute atomic E-state index is 13.1. The number of hydrogen-bond acceptors (Lipinski definition) is 6. The molecule has 0 radical (unpaired) electrons. The maximum atomic E-state index is 13.1. The van der Waals surface area contributed by atoms with E-state index in [1.54, 1.807) is 17.2 Å². The van der Waals surface area contributed by atoms with E-state index in [9.17, 15) is 14.4 Å². The molecule has 5 rings (SSSR count). The molecule has 1 atom stereocenters. The number of carbonyl (C=O) groups is 2. The minimum Gasteiger partial charge on any atom is -0.457 e. The third-order valence-electron chi connectivity index (χ3n) is 5.20. The van der Waals surface area contributed by atoms with Crippen molar-refractivity contribution < 1.29 is 14.3 Å². The van der Waals surface area contributed by atoms with Crippen LogP contribution in [0.4, 0.5) is 5.69 Å². The van der Waals surface area contributed by atoms with Crippen molar-refractivity contribution in [2.24, 2.45) is 0 Å². The van der Waals surface area contributed by atoms with E-state index in [1.165, 1.54) is 22.2 Å². The Hall–Kier alpha value is -3.13.